The quantitative estimate of drug-likeness (QED) is 0.833. The summed E-state index contributed by atoms with van der Waals surface area (Å²) in [5.74, 6) is 0. The van der Waals surface area contributed by atoms with Crippen LogP contribution in [0.3, 0.4) is 0 Å². The van der Waals surface area contributed by atoms with Gasteiger partial charge in [-0.2, -0.15) is 0 Å². The van der Waals surface area contributed by atoms with Crippen molar-refractivity contribution in [3.63, 3.8) is 0 Å². The van der Waals surface area contributed by atoms with Crippen LogP contribution in [0.25, 0.3) is 10.6 Å². The van der Waals surface area contributed by atoms with Crippen LogP contribution in [-0.4, -0.2) is 11.5 Å². The molecule has 1 unspecified atom stereocenters. The van der Waals surface area contributed by atoms with Gasteiger partial charge < -0.3 is 0 Å². The van der Waals surface area contributed by atoms with Crippen molar-refractivity contribution in [1.82, 2.24) is 15.8 Å². The lowest BCUT2D eigenvalue weighted by Crippen LogP contribution is -2.24. The molecule has 1 aliphatic heterocycles. The number of aromatic nitrogens is 1. The molecule has 1 saturated heterocycles. The summed E-state index contributed by atoms with van der Waals surface area (Å²) in [4.78, 5) is 5.79. The Hall–Kier alpha value is -1.23. The SMILES string of the molecule is c1ccc(-c2ncc(C3CCNN3)s2)cc1. The van der Waals surface area contributed by atoms with Gasteiger partial charge in [0.15, 0.2) is 0 Å². The van der Waals surface area contributed by atoms with Gasteiger partial charge in [0.2, 0.25) is 0 Å². The van der Waals surface area contributed by atoms with Gasteiger partial charge in [0.05, 0.1) is 6.04 Å². The lowest BCUT2D eigenvalue weighted by atomic mass is 10.2. The largest absolute Gasteiger partial charge is 0.257 e. The highest BCUT2D eigenvalue weighted by molar-refractivity contribution is 7.15. The topological polar surface area (TPSA) is 37.0 Å². The molecule has 16 heavy (non-hydrogen) atoms. The fraction of sp³-hybridized carbons (Fsp3) is 0.250. The van der Waals surface area contributed by atoms with Crippen LogP contribution < -0.4 is 10.9 Å². The summed E-state index contributed by atoms with van der Waals surface area (Å²) in [7, 11) is 0. The lowest BCUT2D eigenvalue weighted by molar-refractivity contribution is 0.588. The molecule has 3 rings (SSSR count). The molecule has 1 fully saturated rings. The van der Waals surface area contributed by atoms with Crippen LogP contribution in [0.15, 0.2) is 36.5 Å². The molecule has 3 nitrogen and oxygen atoms in total. The Morgan fingerprint density at radius 2 is 2.12 bits per heavy atom. The maximum atomic E-state index is 4.48. The molecule has 0 aliphatic carbocycles. The molecule has 1 aliphatic rings. The first-order chi connectivity index (χ1) is 7.93. The normalized spacial score (nSPS) is 20.1. The molecule has 1 aromatic heterocycles. The van der Waals surface area contributed by atoms with Crippen molar-refractivity contribution in [2.24, 2.45) is 0 Å². The van der Waals surface area contributed by atoms with Gasteiger partial charge >= 0.3 is 0 Å². The van der Waals surface area contributed by atoms with E-state index in [1.165, 1.54) is 10.4 Å². The zero-order valence-electron chi connectivity index (χ0n) is 8.81. The zero-order valence-corrected chi connectivity index (χ0v) is 9.63. The van der Waals surface area contributed by atoms with Crippen molar-refractivity contribution in [3.05, 3.63) is 41.4 Å². The van der Waals surface area contributed by atoms with Crippen molar-refractivity contribution in [2.75, 3.05) is 6.54 Å². The van der Waals surface area contributed by atoms with E-state index in [9.17, 15) is 0 Å². The number of hydrazine groups is 1. The molecule has 0 amide bonds. The summed E-state index contributed by atoms with van der Waals surface area (Å²) in [6.45, 7) is 1.03. The minimum Gasteiger partial charge on any atom is -0.257 e. The summed E-state index contributed by atoms with van der Waals surface area (Å²) < 4.78 is 0. The number of thiazole rings is 1. The molecule has 0 spiro atoms. The second-order valence-corrected chi connectivity index (χ2v) is 4.91. The third-order valence-electron chi connectivity index (χ3n) is 2.72. The van der Waals surface area contributed by atoms with Crippen molar-refractivity contribution in [3.8, 4) is 10.6 Å². The number of nitrogens with one attached hydrogen (secondary N) is 2. The highest BCUT2D eigenvalue weighted by atomic mass is 32.1. The number of hydrogen-bond acceptors (Lipinski definition) is 4. The summed E-state index contributed by atoms with van der Waals surface area (Å²) in [6, 6.07) is 10.7. The van der Waals surface area contributed by atoms with Gasteiger partial charge in [-0.1, -0.05) is 30.3 Å². The van der Waals surface area contributed by atoms with Crippen LogP contribution in [-0.2, 0) is 0 Å². The van der Waals surface area contributed by atoms with Crippen molar-refractivity contribution < 1.29 is 0 Å². The first-order valence-electron chi connectivity index (χ1n) is 5.43. The van der Waals surface area contributed by atoms with E-state index in [-0.39, 0.29) is 0 Å². The Morgan fingerprint density at radius 3 is 2.88 bits per heavy atom. The minimum atomic E-state index is 0.426. The van der Waals surface area contributed by atoms with Crippen LogP contribution in [0.4, 0.5) is 0 Å². The van der Waals surface area contributed by atoms with E-state index in [2.05, 4.69) is 28.0 Å². The summed E-state index contributed by atoms with van der Waals surface area (Å²) in [5, 5.41) is 1.10. The number of rotatable bonds is 2. The number of hydrogen-bond donors (Lipinski definition) is 2. The van der Waals surface area contributed by atoms with Gasteiger partial charge in [-0.05, 0) is 6.42 Å². The second kappa shape index (κ2) is 4.33. The predicted molar refractivity (Wildman–Crippen MR) is 66.0 cm³/mol. The fourth-order valence-electron chi connectivity index (χ4n) is 1.86. The van der Waals surface area contributed by atoms with Gasteiger partial charge in [0.25, 0.3) is 0 Å². The maximum absolute atomic E-state index is 4.48. The van der Waals surface area contributed by atoms with Crippen LogP contribution in [0.2, 0.25) is 0 Å². The molecular formula is C12H13N3S. The molecule has 1 aromatic carbocycles. The standard InChI is InChI=1S/C12H13N3S/c1-2-4-9(5-3-1)12-13-8-11(16-12)10-6-7-14-15-10/h1-5,8,10,14-15H,6-7H2. The molecular weight excluding hydrogens is 218 g/mol. The van der Waals surface area contributed by atoms with Crippen LogP contribution >= 0.6 is 11.3 Å². The molecule has 1 atom stereocenters. The van der Waals surface area contributed by atoms with E-state index in [1.807, 2.05) is 24.4 Å². The Balaban J connectivity index is 1.87. The van der Waals surface area contributed by atoms with Gasteiger partial charge in [-0.3, -0.25) is 5.43 Å². The van der Waals surface area contributed by atoms with Crippen molar-refractivity contribution >= 4 is 11.3 Å². The van der Waals surface area contributed by atoms with E-state index >= 15 is 0 Å². The molecule has 0 saturated carbocycles. The first-order valence-corrected chi connectivity index (χ1v) is 6.25. The Morgan fingerprint density at radius 1 is 1.25 bits per heavy atom. The maximum Gasteiger partial charge on any atom is 0.123 e. The monoisotopic (exact) mass is 231 g/mol. The number of nitrogens with zero attached hydrogens (tertiary/aromatic N) is 1. The Bertz CT molecular complexity index is 460. The van der Waals surface area contributed by atoms with E-state index < -0.39 is 0 Å². The molecule has 4 heteroatoms. The van der Waals surface area contributed by atoms with Gasteiger partial charge in [-0.15, -0.1) is 11.3 Å². The van der Waals surface area contributed by atoms with Crippen molar-refractivity contribution in [1.29, 1.82) is 0 Å². The van der Waals surface area contributed by atoms with E-state index in [0.717, 1.165) is 18.0 Å². The summed E-state index contributed by atoms with van der Waals surface area (Å²) >= 11 is 1.77. The molecule has 0 radical (unpaired) electrons. The molecule has 2 heterocycles. The molecule has 82 valence electrons. The van der Waals surface area contributed by atoms with Crippen molar-refractivity contribution in [2.45, 2.75) is 12.5 Å². The predicted octanol–water partition coefficient (Wildman–Crippen LogP) is 2.35. The zero-order chi connectivity index (χ0) is 10.8. The fourth-order valence-corrected chi connectivity index (χ4v) is 2.87. The van der Waals surface area contributed by atoms with E-state index in [1.54, 1.807) is 11.3 Å². The van der Waals surface area contributed by atoms with E-state index in [0.29, 0.717) is 6.04 Å². The average Bonchev–Trinajstić information content (AvgIpc) is 3.01. The van der Waals surface area contributed by atoms with Crippen LogP contribution in [0, 0.1) is 0 Å². The average molecular weight is 231 g/mol. The highest BCUT2D eigenvalue weighted by Crippen LogP contribution is 2.30. The van der Waals surface area contributed by atoms with Crippen LogP contribution in [0.5, 0.6) is 0 Å². The third-order valence-corrected chi connectivity index (χ3v) is 3.88. The molecule has 0 bridgehead atoms. The Labute approximate surface area is 98.5 Å². The molecule has 2 N–H and O–H groups in total. The number of benzene rings is 1. The Kier molecular flexibility index (Phi) is 2.70. The lowest BCUT2D eigenvalue weighted by Gasteiger charge is -2.03. The van der Waals surface area contributed by atoms with Gasteiger partial charge in [0, 0.05) is 23.2 Å². The molecule has 2 aromatic rings. The summed E-state index contributed by atoms with van der Waals surface area (Å²) in [5.41, 5.74) is 7.61. The third kappa shape index (κ3) is 1.87. The van der Waals surface area contributed by atoms with Crippen LogP contribution in [0.1, 0.15) is 17.3 Å². The highest BCUT2D eigenvalue weighted by Gasteiger charge is 2.18. The summed E-state index contributed by atoms with van der Waals surface area (Å²) in [6.07, 6.45) is 3.12. The van der Waals surface area contributed by atoms with Gasteiger partial charge in [0.1, 0.15) is 5.01 Å². The minimum absolute atomic E-state index is 0.426. The van der Waals surface area contributed by atoms with E-state index in [4.69, 9.17) is 0 Å². The first kappa shape index (κ1) is 9.96. The smallest absolute Gasteiger partial charge is 0.123 e. The second-order valence-electron chi connectivity index (χ2n) is 3.85. The van der Waals surface area contributed by atoms with Gasteiger partial charge in [-0.25, -0.2) is 10.4 Å².